The number of thiol groups is 1. The molecule has 0 aromatic carbocycles. The summed E-state index contributed by atoms with van der Waals surface area (Å²) in [5, 5.41) is 3.83. The van der Waals surface area contributed by atoms with E-state index in [2.05, 4.69) is 21.6 Å². The summed E-state index contributed by atoms with van der Waals surface area (Å²) in [6.45, 7) is 0. The molecule has 0 saturated carbocycles. The Morgan fingerprint density at radius 2 is 2.71 bits per heavy atom. The summed E-state index contributed by atoms with van der Waals surface area (Å²) in [4.78, 5) is 2.72. The lowest BCUT2D eigenvalue weighted by Crippen LogP contribution is -1.79. The van der Waals surface area contributed by atoms with Gasteiger partial charge in [-0.15, -0.1) is 11.7 Å². The monoisotopic (exact) mass is 170 g/mol. The predicted molar refractivity (Wildman–Crippen MR) is 42.3 cm³/mol. The highest BCUT2D eigenvalue weighted by atomic mass is 33.1. The highest BCUT2D eigenvalue weighted by Crippen LogP contribution is 2.32. The summed E-state index contributed by atoms with van der Waals surface area (Å²) < 4.78 is 0.966. The maximum absolute atomic E-state index is 3.93. The van der Waals surface area contributed by atoms with E-state index in [1.807, 2.05) is 0 Å². The van der Waals surface area contributed by atoms with E-state index in [9.17, 15) is 0 Å². The van der Waals surface area contributed by atoms with E-state index in [0.29, 0.717) is 0 Å². The van der Waals surface area contributed by atoms with Crippen molar-refractivity contribution in [1.82, 2.24) is 4.83 Å². The number of nitrogens with zero attached hydrogens (tertiary/aromatic N) is 1. The standard InChI is InChI=1S/CH2N2S4/c4-5-1-2-3-7-6-1/h3-4H. The molecule has 0 radical (unpaired) electrons. The molecule has 7 heavy (non-hydrogen) atoms. The molecule has 0 spiro atoms. The number of hydrogen-bond donors (Lipinski definition) is 2. The molecule has 1 N–H and O–H groups in total. The Kier molecular flexibility index (Phi) is 2.58. The van der Waals surface area contributed by atoms with E-state index >= 15 is 0 Å². The van der Waals surface area contributed by atoms with Crippen LogP contribution in [-0.2, 0) is 0 Å². The Morgan fingerprint density at radius 1 is 1.86 bits per heavy atom. The van der Waals surface area contributed by atoms with Gasteiger partial charge in [-0.1, -0.05) is 0 Å². The van der Waals surface area contributed by atoms with Crippen LogP contribution in [0.2, 0.25) is 0 Å². The third kappa shape index (κ3) is 1.67. The van der Waals surface area contributed by atoms with Gasteiger partial charge in [-0.05, 0) is 21.6 Å². The molecule has 1 rings (SSSR count). The van der Waals surface area contributed by atoms with E-state index in [0.717, 1.165) is 4.38 Å². The molecule has 0 aromatic heterocycles. The van der Waals surface area contributed by atoms with Crippen molar-refractivity contribution >= 4 is 48.6 Å². The summed E-state index contributed by atoms with van der Waals surface area (Å²) in [6.07, 6.45) is 0. The van der Waals surface area contributed by atoms with Gasteiger partial charge in [0.1, 0.15) is 0 Å². The Hall–Kier alpha value is 0.870. The van der Waals surface area contributed by atoms with Crippen LogP contribution in [-0.4, -0.2) is 4.38 Å². The van der Waals surface area contributed by atoms with Crippen molar-refractivity contribution in [2.24, 2.45) is 5.10 Å². The molecular formula is CH2N2S4. The van der Waals surface area contributed by atoms with E-state index in [-0.39, 0.29) is 0 Å². The van der Waals surface area contributed by atoms with Gasteiger partial charge in [0.15, 0.2) is 4.38 Å². The van der Waals surface area contributed by atoms with Crippen molar-refractivity contribution in [3.63, 3.8) is 0 Å². The fourth-order valence-corrected chi connectivity index (χ4v) is 2.88. The topological polar surface area (TPSA) is 24.4 Å². The minimum Gasteiger partial charge on any atom is -0.240 e. The third-order valence-electron chi connectivity index (χ3n) is 0.365. The van der Waals surface area contributed by atoms with Gasteiger partial charge in [-0.25, -0.2) is 4.83 Å². The minimum absolute atomic E-state index is 0.966. The van der Waals surface area contributed by atoms with Gasteiger partial charge in [0.05, 0.1) is 0 Å². The predicted octanol–water partition coefficient (Wildman–Crippen LogP) is 1.73. The first-order valence-electron chi connectivity index (χ1n) is 1.41. The highest BCUT2D eigenvalue weighted by Gasteiger charge is 2.04. The Morgan fingerprint density at radius 3 is 3.00 bits per heavy atom. The first kappa shape index (κ1) is 6.00. The fourth-order valence-electron chi connectivity index (χ4n) is 0.164. The average molecular weight is 170 g/mol. The Balaban J connectivity index is 2.36. The number of hydrazone groups is 1. The van der Waals surface area contributed by atoms with Crippen LogP contribution in [0.1, 0.15) is 0 Å². The van der Waals surface area contributed by atoms with Crippen molar-refractivity contribution in [2.45, 2.75) is 0 Å². The van der Waals surface area contributed by atoms with Crippen LogP contribution in [0.5, 0.6) is 0 Å². The highest BCUT2D eigenvalue weighted by molar-refractivity contribution is 8.93. The molecule has 0 bridgehead atoms. The van der Waals surface area contributed by atoms with Crippen LogP contribution in [0.4, 0.5) is 0 Å². The Labute approximate surface area is 58.6 Å². The molecule has 1 aliphatic heterocycles. The van der Waals surface area contributed by atoms with E-state index in [4.69, 9.17) is 0 Å². The van der Waals surface area contributed by atoms with E-state index < -0.39 is 0 Å². The molecule has 1 heterocycles. The Bertz CT molecular complexity index is 89.7. The molecule has 40 valence electrons. The second kappa shape index (κ2) is 3.01. The zero-order chi connectivity index (χ0) is 5.11. The minimum atomic E-state index is 0.966. The molecule has 0 saturated heterocycles. The lowest BCUT2D eigenvalue weighted by atomic mass is 11.7. The van der Waals surface area contributed by atoms with Gasteiger partial charge in [0.2, 0.25) is 0 Å². The van der Waals surface area contributed by atoms with Gasteiger partial charge in [0, 0.05) is 11.0 Å². The molecular weight excluding hydrogens is 168 g/mol. The second-order valence-corrected chi connectivity index (χ2v) is 4.00. The van der Waals surface area contributed by atoms with Crippen molar-refractivity contribution in [2.75, 3.05) is 0 Å². The molecule has 0 atom stereocenters. The van der Waals surface area contributed by atoms with Gasteiger partial charge >= 0.3 is 0 Å². The number of nitrogens with one attached hydrogen (secondary N) is 1. The van der Waals surface area contributed by atoms with Crippen LogP contribution in [0.15, 0.2) is 5.10 Å². The normalized spacial score (nSPS) is 18.7. The van der Waals surface area contributed by atoms with Crippen LogP contribution in [0.25, 0.3) is 0 Å². The van der Waals surface area contributed by atoms with Gasteiger partial charge in [-0.2, -0.15) is 5.10 Å². The quantitative estimate of drug-likeness (QED) is 0.328. The average Bonchev–Trinajstić information content (AvgIpc) is 2.14. The molecule has 6 heteroatoms. The molecule has 0 fully saturated rings. The zero-order valence-corrected chi connectivity index (χ0v) is 6.46. The van der Waals surface area contributed by atoms with Crippen LogP contribution >= 0.6 is 44.2 Å². The summed E-state index contributed by atoms with van der Waals surface area (Å²) in [7, 11) is 4.44. The van der Waals surface area contributed by atoms with Crippen LogP contribution in [0.3, 0.4) is 0 Å². The molecule has 1 aliphatic rings. The van der Waals surface area contributed by atoms with Crippen LogP contribution in [0, 0.1) is 0 Å². The molecule has 0 unspecified atom stereocenters. The zero-order valence-electron chi connectivity index (χ0n) is 3.12. The maximum atomic E-state index is 3.93. The van der Waals surface area contributed by atoms with Crippen molar-refractivity contribution in [1.29, 1.82) is 0 Å². The summed E-state index contributed by atoms with van der Waals surface area (Å²) in [6, 6.07) is 0. The number of hydrogen-bond acceptors (Lipinski definition) is 6. The lowest BCUT2D eigenvalue weighted by Gasteiger charge is -1.79. The van der Waals surface area contributed by atoms with Crippen LogP contribution < -0.4 is 4.83 Å². The molecule has 2 nitrogen and oxygen atoms in total. The van der Waals surface area contributed by atoms with Crippen molar-refractivity contribution in [3.05, 3.63) is 0 Å². The van der Waals surface area contributed by atoms with Gasteiger partial charge in [0.25, 0.3) is 0 Å². The van der Waals surface area contributed by atoms with Crippen molar-refractivity contribution < 1.29 is 0 Å². The van der Waals surface area contributed by atoms with Gasteiger partial charge in [-0.3, -0.25) is 0 Å². The first-order chi connectivity index (χ1) is 3.43. The molecule has 0 aliphatic carbocycles. The fraction of sp³-hybridized carbons (Fsp3) is 0. The first-order valence-corrected chi connectivity index (χ1v) is 5.43. The van der Waals surface area contributed by atoms with Crippen molar-refractivity contribution in [3.8, 4) is 0 Å². The smallest absolute Gasteiger partial charge is 0.173 e. The largest absolute Gasteiger partial charge is 0.240 e. The summed E-state index contributed by atoms with van der Waals surface area (Å²) in [5.41, 5.74) is 0. The van der Waals surface area contributed by atoms with E-state index in [1.54, 1.807) is 10.8 Å². The second-order valence-electron chi connectivity index (χ2n) is 0.727. The van der Waals surface area contributed by atoms with E-state index in [1.165, 1.54) is 21.8 Å². The maximum Gasteiger partial charge on any atom is 0.173 e. The van der Waals surface area contributed by atoms with Gasteiger partial charge < -0.3 is 0 Å². The lowest BCUT2D eigenvalue weighted by molar-refractivity contribution is 1.15. The third-order valence-corrected chi connectivity index (χ3v) is 3.75. The molecule has 0 aromatic rings. The summed E-state index contributed by atoms with van der Waals surface area (Å²) in [5.74, 6) is 0. The summed E-state index contributed by atoms with van der Waals surface area (Å²) >= 11 is 3.93. The number of rotatable bonds is 0. The SMILES string of the molecule is SSC1=NNSS1. The molecule has 0 amide bonds.